The van der Waals surface area contributed by atoms with Gasteiger partial charge < -0.3 is 20.7 Å². The van der Waals surface area contributed by atoms with Crippen molar-refractivity contribution in [3.05, 3.63) is 0 Å². The first-order chi connectivity index (χ1) is 18.6. The van der Waals surface area contributed by atoms with E-state index in [-0.39, 0.29) is 43.2 Å². The van der Waals surface area contributed by atoms with Crippen LogP contribution in [0.5, 0.6) is 0 Å². The van der Waals surface area contributed by atoms with Crippen LogP contribution in [0.25, 0.3) is 0 Å². The normalized spacial score (nSPS) is 6.23. The van der Waals surface area contributed by atoms with Crippen LogP contribution in [-0.4, -0.2) is 36.4 Å². The summed E-state index contributed by atoms with van der Waals surface area (Å²) in [6.45, 7) is -1.08. The minimum Gasteiger partial charge on any atom is -0.452 e. The largest absolute Gasteiger partial charge is 0.452 e. The Labute approximate surface area is 266 Å². The number of hydrogen-bond donors (Lipinski definition) is 2. The zero-order valence-corrected chi connectivity index (χ0v) is 19.9. The van der Waals surface area contributed by atoms with E-state index in [9.17, 15) is 14.7 Å². The van der Waals surface area contributed by atoms with E-state index in [0.29, 0.717) is 0 Å². The third kappa shape index (κ3) is 25.2. The van der Waals surface area contributed by atoms with Gasteiger partial charge >= 0.3 is 11.9 Å². The molecule has 0 aromatic rings. The summed E-state index contributed by atoms with van der Waals surface area (Å²) >= 11 is 0. The molecule has 0 saturated heterocycles. The maximum Gasteiger partial charge on any atom is 0.385 e. The molecule has 0 radical (unpaired) electrons. The van der Waals surface area contributed by atoms with Gasteiger partial charge in [0.25, 0.3) is 0 Å². The molecule has 0 amide bonds. The van der Waals surface area contributed by atoms with Crippen LogP contribution in [0, 0.1) is 167 Å². The van der Waals surface area contributed by atoms with Gasteiger partial charge in [-0.25, -0.2) is 9.59 Å². The van der Waals surface area contributed by atoms with Crippen molar-refractivity contribution in [2.75, 3.05) is 13.2 Å². The molecule has 1 atom stereocenters. The van der Waals surface area contributed by atoms with Gasteiger partial charge in [0.05, 0.1) is 6.61 Å². The van der Waals surface area contributed by atoms with Gasteiger partial charge in [-0.15, -0.1) is 12.8 Å². The summed E-state index contributed by atoms with van der Waals surface area (Å²) in [5.74, 6) is 58.1. The average Bonchev–Trinajstić information content (AvgIpc) is 2.92. The molecule has 0 unspecified atom stereocenters. The summed E-state index contributed by atoms with van der Waals surface area (Å²) in [6.07, 6.45) is 8.67. The molecule has 0 aliphatic carbocycles. The van der Waals surface area contributed by atoms with Crippen molar-refractivity contribution in [3.8, 4) is 167 Å². The van der Waals surface area contributed by atoms with Crippen molar-refractivity contribution in [3.63, 3.8) is 0 Å². The topological polar surface area (TPSA) is 108 Å². The first-order valence-corrected chi connectivity index (χ1v) is 9.55. The maximum atomic E-state index is 11.6. The summed E-state index contributed by atoms with van der Waals surface area (Å²) in [6, 6.07) is 0. The standard InChI is InChI=1S/C33H8O5.H3N.26H2/c1-3-5-7-9-11-13-15-17-19-21-23-25-27-32(35)37-30-31(29-34)38-33(36)28-26-24-22-20-18-16-14-12-10-8-6-4-2;;;;;;;;;;;;;;;;;;;;;;;;;;;/h1-2,31,34H,29-30H2;1H3;26*1H/t31-;;;;;;;;;;;;;;;;;;;;;;;;;;;/m1.........................../s1. The number of rotatable bonds is 4. The lowest BCUT2D eigenvalue weighted by Crippen LogP contribution is -2.27. The summed E-state index contributed by atoms with van der Waals surface area (Å²) in [5.41, 5.74) is 0. The fourth-order valence-corrected chi connectivity index (χ4v) is 1.31. The van der Waals surface area contributed by atoms with Crippen LogP contribution in [0.2, 0.25) is 0 Å². The molecule has 0 aromatic heterocycles. The second kappa shape index (κ2) is 26.9. The van der Waals surface area contributed by atoms with Crippen LogP contribution >= 0.6 is 0 Å². The van der Waals surface area contributed by atoms with Gasteiger partial charge in [-0.3, -0.25) is 0 Å². The number of aliphatic hydroxyl groups is 1. The molecular weight excluding hydrogens is 490 g/mol. The highest BCUT2D eigenvalue weighted by Gasteiger charge is 2.14. The number of carbonyl (C=O) groups excluding carboxylic acids is 2. The van der Waals surface area contributed by atoms with Gasteiger partial charge in [-0.2, -0.15) is 0 Å². The number of aliphatic hydroxyl groups excluding tert-OH is 1. The van der Waals surface area contributed by atoms with E-state index in [1.54, 1.807) is 0 Å². The first kappa shape index (κ1) is 33.9. The minimum atomic E-state index is -1.16. The van der Waals surface area contributed by atoms with Crippen molar-refractivity contribution in [1.29, 1.82) is 0 Å². The lowest BCUT2D eigenvalue weighted by Gasteiger charge is -2.12. The van der Waals surface area contributed by atoms with Gasteiger partial charge in [-0.1, -0.05) is 0 Å². The minimum absolute atomic E-state index is 0. The molecule has 6 nitrogen and oxygen atoms in total. The number of carbonyl (C=O) groups is 2. The Balaban J connectivity index is -0.0000000195. The predicted molar refractivity (Wildman–Crippen MR) is 199 cm³/mol. The Hall–Kier alpha value is -7.30. The highest BCUT2D eigenvalue weighted by molar-refractivity contribution is 5.90. The van der Waals surface area contributed by atoms with Crippen LogP contribution < -0.4 is 6.15 Å². The molecule has 0 aliphatic rings. The van der Waals surface area contributed by atoms with Crippen molar-refractivity contribution >= 4 is 11.9 Å². The van der Waals surface area contributed by atoms with Crippen molar-refractivity contribution < 1.29 is 61.3 Å². The molecule has 6 heteroatoms. The lowest BCUT2D eigenvalue weighted by molar-refractivity contribution is -0.153. The van der Waals surface area contributed by atoms with Crippen LogP contribution in [0.3, 0.4) is 0 Å². The van der Waals surface area contributed by atoms with Crippen LogP contribution in [-0.2, 0) is 19.1 Å². The van der Waals surface area contributed by atoms with Gasteiger partial charge in [0.15, 0.2) is 6.10 Å². The zero-order valence-electron chi connectivity index (χ0n) is 19.9. The molecule has 0 saturated carbocycles. The van der Waals surface area contributed by atoms with E-state index < -0.39 is 31.3 Å². The highest BCUT2D eigenvalue weighted by atomic mass is 16.6. The molecule has 0 bridgehead atoms. The predicted octanol–water partition coefficient (Wildman–Crippen LogP) is 5.30. The Bertz CT molecular complexity index is 1870. The third-order valence-corrected chi connectivity index (χ3v) is 2.60. The van der Waals surface area contributed by atoms with Gasteiger partial charge in [0.2, 0.25) is 0 Å². The SMILES string of the molecule is C#CC#CC#CC#CC#CC#CC#CC(=O)OC[C@@H](CO)OC(=O)C#CC#CC#CC#CC#CC#CC#C.N.[HH].[HH].[HH].[HH].[HH].[HH].[HH].[HH].[HH].[HH].[HH].[HH].[HH].[HH].[HH].[HH].[HH].[HH].[HH].[HH].[HH].[HH].[HH].[HH].[HH].[HH]. The number of ether oxygens (including phenoxy) is 2. The Morgan fingerprint density at radius 3 is 1.21 bits per heavy atom. The molecule has 0 heterocycles. The Kier molecular flexibility index (Phi) is 23.4. The monoisotopic (exact) mass is 553 g/mol. The molecule has 0 aliphatic heterocycles. The quantitative estimate of drug-likeness (QED) is 0.278. The zero-order chi connectivity index (χ0) is 27.9. The average molecular weight is 554 g/mol. The molecule has 0 spiro atoms. The van der Waals surface area contributed by atoms with Crippen molar-refractivity contribution in [2.45, 2.75) is 6.10 Å². The second-order valence-corrected chi connectivity index (χ2v) is 5.10. The smallest absolute Gasteiger partial charge is 0.385 e. The molecule has 0 fully saturated rings. The van der Waals surface area contributed by atoms with Crippen LogP contribution in [0.1, 0.15) is 37.1 Å². The van der Waals surface area contributed by atoms with Crippen LogP contribution in [0.15, 0.2) is 0 Å². The highest BCUT2D eigenvalue weighted by Crippen LogP contribution is 1.94. The van der Waals surface area contributed by atoms with E-state index >= 15 is 0 Å². The molecule has 4 N–H and O–H groups in total. The fraction of sp³-hybridized carbons (Fsp3) is 0.0909. The Morgan fingerprint density at radius 2 is 0.872 bits per heavy atom. The number of hydrogen-bond acceptors (Lipinski definition) is 6. The fourth-order valence-electron chi connectivity index (χ4n) is 1.31. The van der Waals surface area contributed by atoms with E-state index in [1.165, 1.54) is 0 Å². The third-order valence-electron chi connectivity index (χ3n) is 2.60. The summed E-state index contributed by atoms with van der Waals surface area (Å²) < 4.78 is 9.60. The summed E-state index contributed by atoms with van der Waals surface area (Å²) in [7, 11) is 0. The molecule has 0 rings (SSSR count). The van der Waals surface area contributed by atoms with Gasteiger partial charge in [0.1, 0.15) is 6.61 Å². The second-order valence-electron chi connectivity index (χ2n) is 5.10. The molecule has 39 heavy (non-hydrogen) atoms. The number of esters is 2. The van der Waals surface area contributed by atoms with Crippen molar-refractivity contribution in [1.82, 2.24) is 6.15 Å². The number of terminal acetylenes is 2. The molecular formula is C33H63NO5. The van der Waals surface area contributed by atoms with E-state index in [2.05, 4.69) is 154 Å². The summed E-state index contributed by atoms with van der Waals surface area (Å²) in [5, 5.41) is 9.24. The molecule has 230 valence electrons. The summed E-state index contributed by atoms with van der Waals surface area (Å²) in [4.78, 5) is 23.2. The van der Waals surface area contributed by atoms with Crippen molar-refractivity contribution in [2.24, 2.45) is 0 Å². The molecule has 0 aromatic carbocycles. The van der Waals surface area contributed by atoms with E-state index in [4.69, 9.17) is 22.3 Å². The van der Waals surface area contributed by atoms with Gasteiger partial charge in [-0.05, 0) is 142 Å². The van der Waals surface area contributed by atoms with Gasteiger partial charge in [0, 0.05) is 48.9 Å². The van der Waals surface area contributed by atoms with Crippen LogP contribution in [0.4, 0.5) is 0 Å². The van der Waals surface area contributed by atoms with E-state index in [1.807, 2.05) is 0 Å². The maximum absolute atomic E-state index is 11.6. The first-order valence-electron chi connectivity index (χ1n) is 9.55. The lowest BCUT2D eigenvalue weighted by atomic mass is 10.4. The Morgan fingerprint density at radius 1 is 0.564 bits per heavy atom. The van der Waals surface area contributed by atoms with E-state index in [0.717, 1.165) is 0 Å².